The van der Waals surface area contributed by atoms with E-state index in [4.69, 9.17) is 4.74 Å². The number of alkyl halides is 5. The molecule has 1 aromatic rings. The van der Waals surface area contributed by atoms with Crippen LogP contribution in [0.25, 0.3) is 0 Å². The van der Waals surface area contributed by atoms with Crippen molar-refractivity contribution >= 4 is 5.91 Å². The van der Waals surface area contributed by atoms with E-state index in [1.54, 1.807) is 0 Å². The van der Waals surface area contributed by atoms with E-state index in [0.29, 0.717) is 0 Å². The van der Waals surface area contributed by atoms with Crippen LogP contribution in [0.3, 0.4) is 0 Å². The van der Waals surface area contributed by atoms with Gasteiger partial charge in [-0.25, -0.2) is 8.78 Å². The van der Waals surface area contributed by atoms with Gasteiger partial charge in [0.05, 0.1) is 24.7 Å². The highest BCUT2D eigenvalue weighted by molar-refractivity contribution is 5.82. The molecule has 0 saturated carbocycles. The molecule has 1 aliphatic rings. The molecule has 1 aliphatic heterocycles. The zero-order valence-corrected chi connectivity index (χ0v) is 11.9. The zero-order chi connectivity index (χ0) is 17.1. The first-order valence-corrected chi connectivity index (χ1v) is 6.86. The minimum atomic E-state index is -4.41. The molecular weight excluding hydrogens is 323 g/mol. The summed E-state index contributed by atoms with van der Waals surface area (Å²) in [5, 5.41) is 4.84. The number of hydrogen-bond donors (Lipinski definition) is 2. The van der Waals surface area contributed by atoms with E-state index in [2.05, 4.69) is 10.6 Å². The molecule has 0 bridgehead atoms. The van der Waals surface area contributed by atoms with Crippen molar-refractivity contribution in [3.8, 4) is 5.75 Å². The van der Waals surface area contributed by atoms with Crippen molar-refractivity contribution in [2.75, 3.05) is 19.7 Å². The fourth-order valence-electron chi connectivity index (χ4n) is 2.11. The van der Waals surface area contributed by atoms with Gasteiger partial charge in [-0.3, -0.25) is 10.1 Å². The second-order valence-electron chi connectivity index (χ2n) is 5.16. The van der Waals surface area contributed by atoms with E-state index >= 15 is 0 Å². The van der Waals surface area contributed by atoms with Gasteiger partial charge in [0, 0.05) is 6.42 Å². The standard InChI is InChI=1S/C14H15F5N2O2/c15-13(16)7-11(21-8-13)12(22)20-5-6-23-10-3-1-9(2-4-10)14(17,18)19/h1-4,11,21H,5-8H2,(H,20,22). The van der Waals surface area contributed by atoms with Crippen molar-refractivity contribution in [2.24, 2.45) is 0 Å². The molecule has 1 amide bonds. The number of benzene rings is 1. The molecule has 4 nitrogen and oxygen atoms in total. The molecule has 2 rings (SSSR count). The second kappa shape index (κ2) is 6.69. The molecule has 1 saturated heterocycles. The lowest BCUT2D eigenvalue weighted by Crippen LogP contribution is -2.41. The Morgan fingerprint density at radius 2 is 1.96 bits per heavy atom. The number of carbonyl (C=O) groups excluding carboxylic acids is 1. The SMILES string of the molecule is O=C(NCCOc1ccc(C(F)(F)F)cc1)C1CC(F)(F)CN1. The van der Waals surface area contributed by atoms with Crippen molar-refractivity contribution in [1.82, 2.24) is 10.6 Å². The van der Waals surface area contributed by atoms with Gasteiger partial charge in [0.15, 0.2) is 0 Å². The maximum absolute atomic E-state index is 12.9. The summed E-state index contributed by atoms with van der Waals surface area (Å²) in [4.78, 5) is 11.6. The van der Waals surface area contributed by atoms with Crippen LogP contribution in [0.5, 0.6) is 5.75 Å². The number of nitrogens with one attached hydrogen (secondary N) is 2. The molecule has 128 valence electrons. The Kier molecular flexibility index (Phi) is 5.08. The van der Waals surface area contributed by atoms with Crippen LogP contribution < -0.4 is 15.4 Å². The number of halogens is 5. The third-order valence-corrected chi connectivity index (χ3v) is 3.28. The third kappa shape index (κ3) is 5.05. The van der Waals surface area contributed by atoms with Gasteiger partial charge in [0.2, 0.25) is 5.91 Å². The van der Waals surface area contributed by atoms with Crippen LogP contribution in [0, 0.1) is 0 Å². The summed E-state index contributed by atoms with van der Waals surface area (Å²) in [5.74, 6) is -3.23. The molecule has 1 atom stereocenters. The summed E-state index contributed by atoms with van der Waals surface area (Å²) in [6.45, 7) is -0.461. The molecule has 1 heterocycles. The third-order valence-electron chi connectivity index (χ3n) is 3.28. The largest absolute Gasteiger partial charge is 0.492 e. The van der Waals surface area contributed by atoms with Crippen LogP contribution >= 0.6 is 0 Å². The van der Waals surface area contributed by atoms with E-state index < -0.39 is 42.6 Å². The van der Waals surface area contributed by atoms with Crippen LogP contribution in [0.15, 0.2) is 24.3 Å². The van der Waals surface area contributed by atoms with E-state index in [1.165, 1.54) is 12.1 Å². The molecule has 0 spiro atoms. The van der Waals surface area contributed by atoms with Crippen LogP contribution in [-0.4, -0.2) is 37.6 Å². The first-order valence-electron chi connectivity index (χ1n) is 6.86. The Morgan fingerprint density at radius 1 is 1.30 bits per heavy atom. The van der Waals surface area contributed by atoms with Crippen molar-refractivity contribution in [3.63, 3.8) is 0 Å². The van der Waals surface area contributed by atoms with E-state index in [9.17, 15) is 26.7 Å². The van der Waals surface area contributed by atoms with Crippen molar-refractivity contribution in [3.05, 3.63) is 29.8 Å². The predicted octanol–water partition coefficient (Wildman–Crippen LogP) is 2.20. The lowest BCUT2D eigenvalue weighted by atomic mass is 10.2. The van der Waals surface area contributed by atoms with Gasteiger partial charge in [0.1, 0.15) is 12.4 Å². The van der Waals surface area contributed by atoms with Gasteiger partial charge < -0.3 is 10.1 Å². The van der Waals surface area contributed by atoms with Gasteiger partial charge in [-0.15, -0.1) is 0 Å². The minimum Gasteiger partial charge on any atom is -0.492 e. The van der Waals surface area contributed by atoms with Crippen molar-refractivity contribution < 1.29 is 31.5 Å². The van der Waals surface area contributed by atoms with Gasteiger partial charge in [0.25, 0.3) is 5.92 Å². The first kappa shape index (κ1) is 17.5. The fraction of sp³-hybridized carbons (Fsp3) is 0.500. The second-order valence-corrected chi connectivity index (χ2v) is 5.16. The maximum Gasteiger partial charge on any atom is 0.416 e. The van der Waals surface area contributed by atoms with Crippen molar-refractivity contribution in [2.45, 2.75) is 24.6 Å². The Bertz CT molecular complexity index is 545. The summed E-state index contributed by atoms with van der Waals surface area (Å²) in [7, 11) is 0. The van der Waals surface area contributed by atoms with Gasteiger partial charge in [-0.1, -0.05) is 0 Å². The fourth-order valence-corrected chi connectivity index (χ4v) is 2.11. The summed E-state index contributed by atoms with van der Waals surface area (Å²) >= 11 is 0. The van der Waals surface area contributed by atoms with E-state index in [1.807, 2.05) is 0 Å². The number of amides is 1. The molecule has 0 radical (unpaired) electrons. The minimum absolute atomic E-state index is 0.0141. The van der Waals surface area contributed by atoms with Crippen LogP contribution in [0.1, 0.15) is 12.0 Å². The Hall–Kier alpha value is -1.90. The van der Waals surface area contributed by atoms with Gasteiger partial charge in [-0.05, 0) is 24.3 Å². The molecule has 1 unspecified atom stereocenters. The Labute approximate surface area is 129 Å². The molecule has 23 heavy (non-hydrogen) atoms. The lowest BCUT2D eigenvalue weighted by Gasteiger charge is -2.12. The van der Waals surface area contributed by atoms with Gasteiger partial charge >= 0.3 is 6.18 Å². The molecule has 0 aliphatic carbocycles. The predicted molar refractivity (Wildman–Crippen MR) is 71.3 cm³/mol. The molecule has 0 aromatic heterocycles. The smallest absolute Gasteiger partial charge is 0.416 e. The number of hydrogen-bond acceptors (Lipinski definition) is 3. The lowest BCUT2D eigenvalue weighted by molar-refractivity contribution is -0.137. The van der Waals surface area contributed by atoms with Crippen LogP contribution in [-0.2, 0) is 11.0 Å². The Morgan fingerprint density at radius 3 is 2.48 bits per heavy atom. The first-order chi connectivity index (χ1) is 10.7. The summed E-state index contributed by atoms with van der Waals surface area (Å²) in [6.07, 6.45) is -4.97. The van der Waals surface area contributed by atoms with Gasteiger partial charge in [-0.2, -0.15) is 13.2 Å². The molecule has 1 aromatic carbocycles. The monoisotopic (exact) mass is 338 g/mol. The summed E-state index contributed by atoms with van der Waals surface area (Å²) in [6, 6.07) is 3.17. The molecule has 9 heteroatoms. The molecule has 2 N–H and O–H groups in total. The number of rotatable bonds is 5. The average molecular weight is 338 g/mol. The number of carbonyl (C=O) groups is 1. The highest BCUT2D eigenvalue weighted by Crippen LogP contribution is 2.30. The maximum atomic E-state index is 12.9. The summed E-state index contributed by atoms with van der Waals surface area (Å²) < 4.78 is 68.2. The molecular formula is C14H15F5N2O2. The highest BCUT2D eigenvalue weighted by Gasteiger charge is 2.42. The average Bonchev–Trinajstić information content (AvgIpc) is 2.83. The quantitative estimate of drug-likeness (QED) is 0.639. The topological polar surface area (TPSA) is 50.4 Å². The Balaban J connectivity index is 1.70. The van der Waals surface area contributed by atoms with E-state index in [0.717, 1.165) is 12.1 Å². The van der Waals surface area contributed by atoms with Crippen LogP contribution in [0.2, 0.25) is 0 Å². The van der Waals surface area contributed by atoms with E-state index in [-0.39, 0.29) is 18.9 Å². The normalized spacial score (nSPS) is 20.3. The summed E-state index contributed by atoms with van der Waals surface area (Å²) in [5.41, 5.74) is -0.786. The highest BCUT2D eigenvalue weighted by atomic mass is 19.4. The van der Waals surface area contributed by atoms with Crippen molar-refractivity contribution in [1.29, 1.82) is 0 Å². The zero-order valence-electron chi connectivity index (χ0n) is 11.9. The number of ether oxygens (including phenoxy) is 1. The molecule has 1 fully saturated rings. The van der Waals surface area contributed by atoms with Crippen LogP contribution in [0.4, 0.5) is 22.0 Å².